The first kappa shape index (κ1) is 17.3. The second-order valence-electron chi connectivity index (χ2n) is 5.49. The zero-order valence-corrected chi connectivity index (χ0v) is 16.1. The highest BCUT2D eigenvalue weighted by Crippen LogP contribution is 2.35. The number of halogens is 1. The van der Waals surface area contributed by atoms with Crippen molar-refractivity contribution in [3.63, 3.8) is 0 Å². The summed E-state index contributed by atoms with van der Waals surface area (Å²) in [6, 6.07) is 3.59. The number of nitrogens with zero attached hydrogens (tertiary/aromatic N) is 1. The van der Waals surface area contributed by atoms with Crippen LogP contribution in [0.1, 0.15) is 52.2 Å². The van der Waals surface area contributed by atoms with Crippen molar-refractivity contribution in [2.45, 2.75) is 65.3 Å². The molecule has 110 valence electrons. The molecule has 1 atom stereocenters. The maximum Gasteiger partial charge on any atom is 0.193 e. The van der Waals surface area contributed by atoms with Gasteiger partial charge in [-0.15, -0.1) is 11.3 Å². The van der Waals surface area contributed by atoms with E-state index in [4.69, 9.17) is 4.43 Å². The fourth-order valence-electron chi connectivity index (χ4n) is 2.34. The van der Waals surface area contributed by atoms with Gasteiger partial charge in [-0.1, -0.05) is 34.6 Å². The Hall–Kier alpha value is 0.287. The summed E-state index contributed by atoms with van der Waals surface area (Å²) in [6.07, 6.45) is 1.25. The highest BCUT2D eigenvalue weighted by molar-refractivity contribution is 9.10. The first-order chi connectivity index (χ1) is 8.96. The summed E-state index contributed by atoms with van der Waals surface area (Å²) < 4.78 is 7.59. The Morgan fingerprint density at radius 2 is 1.84 bits per heavy atom. The molecule has 0 bridgehead atoms. The van der Waals surface area contributed by atoms with Crippen LogP contribution in [-0.4, -0.2) is 13.3 Å². The van der Waals surface area contributed by atoms with E-state index in [9.17, 15) is 0 Å². The molecule has 0 aliphatic rings. The minimum atomic E-state index is -1.57. The van der Waals surface area contributed by atoms with Crippen molar-refractivity contribution >= 4 is 35.6 Å². The molecular formula is C14H26BrNOSSi. The first-order valence-corrected chi connectivity index (χ1v) is 11.4. The molecule has 0 saturated carbocycles. The van der Waals surface area contributed by atoms with Crippen LogP contribution in [0.15, 0.2) is 9.98 Å². The van der Waals surface area contributed by atoms with E-state index in [1.807, 2.05) is 0 Å². The molecule has 1 rings (SSSR count). The summed E-state index contributed by atoms with van der Waals surface area (Å²) in [5.41, 5.74) is 0. The highest BCUT2D eigenvalue weighted by Gasteiger charge is 2.33. The topological polar surface area (TPSA) is 22.1 Å². The van der Waals surface area contributed by atoms with Gasteiger partial charge >= 0.3 is 0 Å². The van der Waals surface area contributed by atoms with Crippen LogP contribution in [-0.2, 0) is 4.43 Å². The van der Waals surface area contributed by atoms with Crippen molar-refractivity contribution in [3.05, 3.63) is 15.0 Å². The molecule has 19 heavy (non-hydrogen) atoms. The van der Waals surface area contributed by atoms with Crippen LogP contribution in [0, 0.1) is 5.92 Å². The fraction of sp³-hybridized carbons (Fsp3) is 0.786. The van der Waals surface area contributed by atoms with Gasteiger partial charge in [-0.25, -0.2) is 4.98 Å². The van der Waals surface area contributed by atoms with Crippen LogP contribution in [0.5, 0.6) is 0 Å². The minimum absolute atomic E-state index is 0.183. The van der Waals surface area contributed by atoms with Gasteiger partial charge in [-0.2, -0.15) is 0 Å². The quantitative estimate of drug-likeness (QED) is 0.527. The van der Waals surface area contributed by atoms with Crippen LogP contribution < -0.4 is 0 Å². The average Bonchev–Trinajstić information content (AvgIpc) is 2.81. The molecule has 2 nitrogen and oxygen atoms in total. The number of thiazole rings is 1. The Balaban J connectivity index is 2.91. The third-order valence-electron chi connectivity index (χ3n) is 3.78. The van der Waals surface area contributed by atoms with Gasteiger partial charge in [0.05, 0.1) is 6.10 Å². The largest absolute Gasteiger partial charge is 0.407 e. The number of hydrogen-bond donors (Lipinski definition) is 0. The normalized spacial score (nSPS) is 14.1. The highest BCUT2D eigenvalue weighted by atomic mass is 79.9. The molecular weight excluding hydrogens is 338 g/mol. The van der Waals surface area contributed by atoms with E-state index in [1.54, 1.807) is 11.3 Å². The summed E-state index contributed by atoms with van der Waals surface area (Å²) in [7, 11) is -1.57. The molecule has 0 radical (unpaired) electrons. The molecule has 0 N–H and O–H groups in total. The van der Waals surface area contributed by atoms with Crippen LogP contribution in [0.4, 0.5) is 0 Å². The van der Waals surface area contributed by atoms with E-state index in [1.165, 1.54) is 18.1 Å². The molecule has 0 aliphatic carbocycles. The molecule has 0 amide bonds. The van der Waals surface area contributed by atoms with Crippen molar-refractivity contribution in [1.82, 2.24) is 4.98 Å². The molecule has 0 saturated heterocycles. The molecule has 0 fully saturated rings. The van der Waals surface area contributed by atoms with E-state index >= 15 is 0 Å². The molecule has 1 aromatic heterocycles. The molecule has 0 spiro atoms. The van der Waals surface area contributed by atoms with Gasteiger partial charge < -0.3 is 4.43 Å². The summed E-state index contributed by atoms with van der Waals surface area (Å²) in [5, 5.41) is 3.19. The first-order valence-electron chi connectivity index (χ1n) is 7.25. The standard InChI is InChI=1S/C14H26BrNOSSi/c1-6-19(7-2,8-3)17-12(9-11(4)5)14-16-13(15)10-18-14/h10-12H,6-9H2,1-5H3/t12-/m0/s1. The van der Waals surface area contributed by atoms with E-state index < -0.39 is 8.32 Å². The van der Waals surface area contributed by atoms with Crippen molar-refractivity contribution < 1.29 is 4.43 Å². The Labute approximate surface area is 131 Å². The second kappa shape index (κ2) is 7.91. The molecule has 1 heterocycles. The number of hydrogen-bond acceptors (Lipinski definition) is 3. The molecule has 0 unspecified atom stereocenters. The Morgan fingerprint density at radius 3 is 2.21 bits per heavy atom. The minimum Gasteiger partial charge on any atom is -0.407 e. The molecule has 1 aromatic rings. The molecule has 5 heteroatoms. The van der Waals surface area contributed by atoms with Crippen molar-refractivity contribution in [1.29, 1.82) is 0 Å². The van der Waals surface area contributed by atoms with Gasteiger partial charge in [0, 0.05) is 5.38 Å². The van der Waals surface area contributed by atoms with Crippen molar-refractivity contribution in [2.75, 3.05) is 0 Å². The van der Waals surface area contributed by atoms with Gasteiger partial charge in [-0.05, 0) is 46.4 Å². The van der Waals surface area contributed by atoms with E-state index in [0.717, 1.165) is 16.0 Å². The summed E-state index contributed by atoms with van der Waals surface area (Å²) in [6.45, 7) is 11.4. The van der Waals surface area contributed by atoms with Gasteiger partial charge in [0.25, 0.3) is 0 Å². The summed E-state index contributed by atoms with van der Waals surface area (Å²) in [4.78, 5) is 4.58. The summed E-state index contributed by atoms with van der Waals surface area (Å²) in [5.74, 6) is 0.630. The van der Waals surface area contributed by atoms with Crippen LogP contribution in [0.25, 0.3) is 0 Å². The second-order valence-corrected chi connectivity index (χ2v) is 11.9. The van der Waals surface area contributed by atoms with E-state index in [2.05, 4.69) is 60.9 Å². The van der Waals surface area contributed by atoms with Crippen LogP contribution in [0.2, 0.25) is 18.1 Å². The lowest BCUT2D eigenvalue weighted by Crippen LogP contribution is -2.37. The van der Waals surface area contributed by atoms with Gasteiger partial charge in [-0.3, -0.25) is 0 Å². The lowest BCUT2D eigenvalue weighted by molar-refractivity contribution is 0.162. The number of aromatic nitrogens is 1. The fourth-order valence-corrected chi connectivity index (χ4v) is 6.55. The van der Waals surface area contributed by atoms with Crippen molar-refractivity contribution in [3.8, 4) is 0 Å². The zero-order valence-electron chi connectivity index (χ0n) is 12.7. The van der Waals surface area contributed by atoms with Crippen molar-refractivity contribution in [2.24, 2.45) is 5.92 Å². The SMILES string of the molecule is CC[Si](CC)(CC)O[C@@H](CC(C)C)c1nc(Br)cs1. The number of rotatable bonds is 8. The summed E-state index contributed by atoms with van der Waals surface area (Å²) >= 11 is 5.16. The maximum absolute atomic E-state index is 6.66. The smallest absolute Gasteiger partial charge is 0.193 e. The Bertz CT molecular complexity index is 371. The third kappa shape index (κ3) is 4.96. The molecule has 0 aromatic carbocycles. The molecule has 0 aliphatic heterocycles. The van der Waals surface area contributed by atoms with E-state index in [0.29, 0.717) is 5.92 Å². The van der Waals surface area contributed by atoms with Gasteiger partial charge in [0.2, 0.25) is 0 Å². The Kier molecular flexibility index (Phi) is 7.22. The van der Waals surface area contributed by atoms with Crippen LogP contribution in [0.3, 0.4) is 0 Å². The lowest BCUT2D eigenvalue weighted by atomic mass is 10.1. The maximum atomic E-state index is 6.66. The predicted octanol–water partition coefficient (Wildman–Crippen LogP) is 6.01. The Morgan fingerprint density at radius 1 is 1.26 bits per heavy atom. The van der Waals surface area contributed by atoms with Gasteiger partial charge in [0.15, 0.2) is 8.32 Å². The zero-order chi connectivity index (χ0) is 14.5. The van der Waals surface area contributed by atoms with Gasteiger partial charge in [0.1, 0.15) is 9.61 Å². The average molecular weight is 364 g/mol. The monoisotopic (exact) mass is 363 g/mol. The van der Waals surface area contributed by atoms with Crippen LogP contribution >= 0.6 is 27.3 Å². The third-order valence-corrected chi connectivity index (χ3v) is 10.1. The van der Waals surface area contributed by atoms with E-state index in [-0.39, 0.29) is 6.10 Å². The predicted molar refractivity (Wildman–Crippen MR) is 90.3 cm³/mol. The lowest BCUT2D eigenvalue weighted by Gasteiger charge is -2.33.